The third-order valence-corrected chi connectivity index (χ3v) is 7.43. The normalized spacial score (nSPS) is 21.5. The Balaban J connectivity index is 1.34. The van der Waals surface area contributed by atoms with Gasteiger partial charge in [-0.15, -0.1) is 32.9 Å². The maximum absolute atomic E-state index is 5.99. The van der Waals surface area contributed by atoms with E-state index in [2.05, 4.69) is 41.4 Å². The van der Waals surface area contributed by atoms with Crippen molar-refractivity contribution in [1.82, 2.24) is 15.2 Å². The Morgan fingerprint density at radius 3 is 2.96 bits per heavy atom. The van der Waals surface area contributed by atoms with E-state index in [1.165, 1.54) is 27.4 Å². The summed E-state index contributed by atoms with van der Waals surface area (Å²) in [5.74, 6) is 1.87. The lowest BCUT2D eigenvalue weighted by molar-refractivity contribution is -0.937. The van der Waals surface area contributed by atoms with E-state index in [4.69, 9.17) is 9.40 Å². The zero-order chi connectivity index (χ0) is 18.2. The van der Waals surface area contributed by atoms with Gasteiger partial charge in [0.25, 0.3) is 11.8 Å². The molecule has 1 unspecified atom stereocenters. The molecule has 0 aliphatic carbocycles. The predicted octanol–water partition coefficient (Wildman–Crippen LogP) is 3.93. The summed E-state index contributed by atoms with van der Waals surface area (Å²) >= 11 is 3.47. The second-order valence-corrected chi connectivity index (χ2v) is 9.13. The van der Waals surface area contributed by atoms with Crippen molar-refractivity contribution in [3.05, 3.63) is 52.7 Å². The topological polar surface area (TPSA) is 56.2 Å². The zero-order valence-electron chi connectivity index (χ0n) is 15.1. The number of hydrogen-bond donors (Lipinski definition) is 1. The first kappa shape index (κ1) is 17.0. The minimum atomic E-state index is 0.198. The van der Waals surface area contributed by atoms with Crippen LogP contribution in [0.15, 0.2) is 46.2 Å². The Kier molecular flexibility index (Phi) is 4.51. The van der Waals surface area contributed by atoms with Gasteiger partial charge in [0.2, 0.25) is 0 Å². The Morgan fingerprint density at radius 1 is 1.19 bits per heavy atom. The third kappa shape index (κ3) is 3.31. The fraction of sp³-hybridized carbons (Fsp3) is 0.350. The monoisotopic (exact) mass is 397 g/mol. The van der Waals surface area contributed by atoms with Crippen molar-refractivity contribution in [1.29, 1.82) is 0 Å². The number of nitrogens with one attached hydrogen (secondary N) is 1. The Labute approximate surface area is 165 Å². The van der Waals surface area contributed by atoms with Gasteiger partial charge in [-0.2, -0.15) is 0 Å². The van der Waals surface area contributed by atoms with Crippen molar-refractivity contribution in [2.24, 2.45) is 0 Å². The first-order valence-corrected chi connectivity index (χ1v) is 11.0. The van der Waals surface area contributed by atoms with E-state index >= 15 is 0 Å². The largest absolute Gasteiger partial charge is 0.414 e. The van der Waals surface area contributed by atoms with Gasteiger partial charge in [-0.05, 0) is 43.3 Å². The summed E-state index contributed by atoms with van der Waals surface area (Å²) in [6, 6.07) is 12.6. The summed E-state index contributed by atoms with van der Waals surface area (Å²) in [6.45, 7) is 4.40. The molecule has 1 N–H and O–H groups in total. The molecule has 1 saturated heterocycles. The van der Waals surface area contributed by atoms with Crippen LogP contribution in [-0.4, -0.2) is 28.3 Å². The van der Waals surface area contributed by atoms with Crippen LogP contribution in [0.3, 0.4) is 0 Å². The molecule has 1 aliphatic rings. The Bertz CT molecular complexity index is 1010. The summed E-state index contributed by atoms with van der Waals surface area (Å²) in [5.41, 5.74) is 1.12. The van der Waals surface area contributed by atoms with Crippen LogP contribution in [0.4, 0.5) is 0 Å². The maximum atomic E-state index is 5.99. The van der Waals surface area contributed by atoms with Gasteiger partial charge in [-0.25, -0.2) is 4.98 Å². The molecule has 0 amide bonds. The van der Waals surface area contributed by atoms with Crippen LogP contribution in [0.2, 0.25) is 0 Å². The zero-order valence-corrected chi connectivity index (χ0v) is 16.7. The van der Waals surface area contributed by atoms with E-state index in [0.29, 0.717) is 11.8 Å². The van der Waals surface area contributed by atoms with Crippen LogP contribution in [-0.2, 0) is 0 Å². The van der Waals surface area contributed by atoms with Crippen molar-refractivity contribution in [2.75, 3.05) is 13.1 Å². The van der Waals surface area contributed by atoms with Crippen molar-refractivity contribution in [2.45, 2.75) is 31.7 Å². The molecule has 5 nitrogen and oxygen atoms in total. The molecule has 3 atom stereocenters. The molecule has 4 aromatic rings. The number of benzene rings is 1. The van der Waals surface area contributed by atoms with Gasteiger partial charge < -0.3 is 9.32 Å². The molecule has 5 rings (SSSR count). The van der Waals surface area contributed by atoms with Crippen molar-refractivity contribution in [3.8, 4) is 10.8 Å². The fourth-order valence-electron chi connectivity index (χ4n) is 3.85. The molecule has 1 aromatic carbocycles. The number of rotatable bonds is 4. The first-order valence-electron chi connectivity index (χ1n) is 9.35. The lowest BCUT2D eigenvalue weighted by Crippen LogP contribution is -3.13. The highest BCUT2D eigenvalue weighted by Gasteiger charge is 2.33. The van der Waals surface area contributed by atoms with Gasteiger partial charge in [0.1, 0.15) is 5.01 Å². The average Bonchev–Trinajstić information content (AvgIpc) is 3.47. The highest BCUT2D eigenvalue weighted by Crippen LogP contribution is 2.31. The molecule has 0 saturated carbocycles. The van der Waals surface area contributed by atoms with E-state index < -0.39 is 0 Å². The number of hydrogen-bond acceptors (Lipinski definition) is 6. The van der Waals surface area contributed by atoms with Crippen LogP contribution in [0.25, 0.3) is 21.0 Å². The quantitative estimate of drug-likeness (QED) is 0.567. The molecule has 0 spiro atoms. The first-order chi connectivity index (χ1) is 13.3. The number of thiophene rings is 1. The molecule has 4 heterocycles. The second-order valence-electron chi connectivity index (χ2n) is 7.12. The number of likely N-dealkylation sites (tertiary alicyclic amines) is 1. The van der Waals surface area contributed by atoms with Crippen molar-refractivity contribution in [3.63, 3.8) is 0 Å². The molecular formula is C20H21N4OS2+. The molecule has 1 fully saturated rings. The van der Waals surface area contributed by atoms with Gasteiger partial charge in [-0.3, -0.25) is 0 Å². The molecule has 0 bridgehead atoms. The molecule has 0 radical (unpaired) electrons. The van der Waals surface area contributed by atoms with Gasteiger partial charge in [0, 0.05) is 0 Å². The van der Waals surface area contributed by atoms with Crippen LogP contribution in [0.5, 0.6) is 0 Å². The number of nitrogens with zero attached hydrogens (tertiary/aromatic N) is 3. The minimum Gasteiger partial charge on any atom is -0.414 e. The van der Waals surface area contributed by atoms with Crippen LogP contribution in [0, 0.1) is 0 Å². The lowest BCUT2D eigenvalue weighted by Gasteiger charge is -2.31. The molecule has 1 aliphatic heterocycles. The summed E-state index contributed by atoms with van der Waals surface area (Å²) in [7, 11) is 0. The summed E-state index contributed by atoms with van der Waals surface area (Å²) in [4.78, 5) is 7.43. The lowest BCUT2D eigenvalue weighted by atomic mass is 9.97. The van der Waals surface area contributed by atoms with E-state index in [1.807, 2.05) is 28.8 Å². The fourth-order valence-corrected chi connectivity index (χ4v) is 5.60. The second kappa shape index (κ2) is 7.14. The number of thiazole rings is 1. The summed E-state index contributed by atoms with van der Waals surface area (Å²) < 4.78 is 7.27. The minimum absolute atomic E-state index is 0.198. The summed E-state index contributed by atoms with van der Waals surface area (Å²) in [5, 5.41) is 11.9. The highest BCUT2D eigenvalue weighted by atomic mass is 32.1. The molecular weight excluding hydrogens is 376 g/mol. The summed E-state index contributed by atoms with van der Waals surface area (Å²) in [6.07, 6.45) is 2.41. The standard InChI is InChI=1S/C20H20N4OS2/c1-13(18-22-23-19(25-18)17-9-5-11-26-17)24-10-4-6-14(12-24)20-21-15-7-2-3-8-16(15)27-20/h2-3,5,7-9,11,13-14H,4,6,10,12H2,1H3/p+1/t13-,14-/m0/s1. The van der Waals surface area contributed by atoms with Crippen molar-refractivity contribution >= 4 is 32.9 Å². The van der Waals surface area contributed by atoms with Gasteiger partial charge >= 0.3 is 0 Å². The molecule has 138 valence electrons. The number of quaternary nitrogens is 1. The van der Waals surface area contributed by atoms with Crippen LogP contribution in [0.1, 0.15) is 42.6 Å². The Morgan fingerprint density at radius 2 is 2.11 bits per heavy atom. The molecule has 7 heteroatoms. The van der Waals surface area contributed by atoms with E-state index in [9.17, 15) is 0 Å². The average molecular weight is 398 g/mol. The SMILES string of the molecule is C[C@@H](c1nnc(-c2cccs2)o1)[NH+]1CCC[C@H](c2nc3ccccc3s2)C1. The van der Waals surface area contributed by atoms with Gasteiger partial charge in [0.05, 0.1) is 34.1 Å². The van der Waals surface area contributed by atoms with E-state index in [1.54, 1.807) is 11.3 Å². The molecule has 3 aromatic heterocycles. The van der Waals surface area contributed by atoms with Crippen molar-refractivity contribution < 1.29 is 9.32 Å². The Hall–Kier alpha value is -2.09. The van der Waals surface area contributed by atoms with Crippen LogP contribution < -0.4 is 4.90 Å². The predicted molar refractivity (Wildman–Crippen MR) is 108 cm³/mol. The number of aromatic nitrogens is 3. The number of para-hydroxylation sites is 1. The van der Waals surface area contributed by atoms with E-state index in [0.717, 1.165) is 29.4 Å². The van der Waals surface area contributed by atoms with E-state index in [-0.39, 0.29) is 6.04 Å². The van der Waals surface area contributed by atoms with Gasteiger partial charge in [0.15, 0.2) is 6.04 Å². The molecule has 27 heavy (non-hydrogen) atoms. The van der Waals surface area contributed by atoms with Gasteiger partial charge in [-0.1, -0.05) is 18.2 Å². The number of fused-ring (bicyclic) bond motifs is 1. The number of piperidine rings is 1. The smallest absolute Gasteiger partial charge is 0.274 e. The van der Waals surface area contributed by atoms with Crippen LogP contribution >= 0.6 is 22.7 Å². The highest BCUT2D eigenvalue weighted by molar-refractivity contribution is 7.18. The third-order valence-electron chi connectivity index (χ3n) is 5.37. The maximum Gasteiger partial charge on any atom is 0.274 e.